The Morgan fingerprint density at radius 1 is 1.33 bits per heavy atom. The summed E-state index contributed by atoms with van der Waals surface area (Å²) in [5.74, 6) is -0.568. The molecule has 0 radical (unpaired) electrons. The van der Waals surface area contributed by atoms with Crippen LogP contribution in [0, 0.1) is 5.92 Å². The van der Waals surface area contributed by atoms with Gasteiger partial charge < -0.3 is 10.2 Å². The minimum Gasteiger partial charge on any atom is -0.512 e. The van der Waals surface area contributed by atoms with Crippen LogP contribution in [-0.4, -0.2) is 16.2 Å². The highest BCUT2D eigenvalue weighted by atomic mass is 16.4. The summed E-state index contributed by atoms with van der Waals surface area (Å²) in [7, 11) is 0. The van der Waals surface area contributed by atoms with E-state index in [4.69, 9.17) is 5.11 Å². The first-order valence-electron chi connectivity index (χ1n) is 4.07. The Bertz CT molecular complexity index is 192. The van der Waals surface area contributed by atoms with Gasteiger partial charge in [0, 0.05) is 6.42 Å². The fourth-order valence-corrected chi connectivity index (χ4v) is 0.736. The third-order valence-electron chi connectivity index (χ3n) is 1.71. The number of aliphatic hydroxyl groups excluding tert-OH is 1. The summed E-state index contributed by atoms with van der Waals surface area (Å²) in [5.41, 5.74) is 0.0515. The van der Waals surface area contributed by atoms with Crippen molar-refractivity contribution in [1.29, 1.82) is 0 Å². The van der Waals surface area contributed by atoms with Crippen LogP contribution in [0.2, 0.25) is 0 Å². The molecular formula is C9H16O3. The Hall–Kier alpha value is -0.990. The average molecular weight is 172 g/mol. The maximum absolute atomic E-state index is 10.4. The molecule has 3 nitrogen and oxygen atoms in total. The first-order chi connectivity index (χ1) is 5.45. The predicted molar refractivity (Wildman–Crippen MR) is 47.0 cm³/mol. The van der Waals surface area contributed by atoms with Crippen molar-refractivity contribution in [3.63, 3.8) is 0 Å². The van der Waals surface area contributed by atoms with Crippen molar-refractivity contribution in [1.82, 2.24) is 0 Å². The number of carboxylic acids is 1. The molecule has 2 N–H and O–H groups in total. The van der Waals surface area contributed by atoms with E-state index in [0.717, 1.165) is 6.42 Å². The molecule has 0 aromatic rings. The van der Waals surface area contributed by atoms with E-state index >= 15 is 0 Å². The topological polar surface area (TPSA) is 57.5 Å². The number of allylic oxidation sites excluding steroid dienone is 1. The highest BCUT2D eigenvalue weighted by Gasteiger charge is 2.07. The molecule has 0 fully saturated rings. The molecule has 0 saturated heterocycles. The van der Waals surface area contributed by atoms with Gasteiger partial charge in [0.05, 0.1) is 5.57 Å². The summed E-state index contributed by atoms with van der Waals surface area (Å²) in [5, 5.41) is 17.7. The first-order valence-corrected chi connectivity index (χ1v) is 4.07. The van der Waals surface area contributed by atoms with Crippen LogP contribution in [0.3, 0.4) is 0 Å². The summed E-state index contributed by atoms with van der Waals surface area (Å²) < 4.78 is 0. The van der Waals surface area contributed by atoms with Gasteiger partial charge in [-0.1, -0.05) is 13.8 Å². The zero-order valence-electron chi connectivity index (χ0n) is 7.79. The quantitative estimate of drug-likeness (QED) is 0.505. The molecule has 0 unspecified atom stereocenters. The zero-order valence-corrected chi connectivity index (χ0v) is 7.79. The zero-order chi connectivity index (χ0) is 9.72. The van der Waals surface area contributed by atoms with Gasteiger partial charge in [-0.15, -0.1) is 0 Å². The lowest BCUT2D eigenvalue weighted by atomic mass is 10.1. The summed E-state index contributed by atoms with van der Waals surface area (Å²) in [6.07, 6.45) is 1.27. The third-order valence-corrected chi connectivity index (χ3v) is 1.71. The number of carboxylic acid groups (broad SMARTS) is 1. The standard InChI is InChI=1S/C9H16O3/c1-6(2)4-5-8(10)7(3)9(11)12/h6,10H,4-5H2,1-3H3,(H,11,12). The average Bonchev–Trinajstić information content (AvgIpc) is 1.98. The molecule has 0 aromatic heterocycles. The van der Waals surface area contributed by atoms with Crippen LogP contribution >= 0.6 is 0 Å². The molecule has 0 saturated carbocycles. The van der Waals surface area contributed by atoms with Gasteiger partial charge in [-0.3, -0.25) is 0 Å². The Morgan fingerprint density at radius 2 is 1.83 bits per heavy atom. The van der Waals surface area contributed by atoms with Gasteiger partial charge in [0.15, 0.2) is 0 Å². The monoisotopic (exact) mass is 172 g/mol. The molecular weight excluding hydrogens is 156 g/mol. The molecule has 0 heterocycles. The molecule has 0 bridgehead atoms. The van der Waals surface area contributed by atoms with E-state index in [9.17, 15) is 9.90 Å². The van der Waals surface area contributed by atoms with Crippen molar-refractivity contribution >= 4 is 5.97 Å². The van der Waals surface area contributed by atoms with Crippen molar-refractivity contribution < 1.29 is 15.0 Å². The minimum absolute atomic E-state index is 0.00352. The van der Waals surface area contributed by atoms with Crippen LogP contribution < -0.4 is 0 Å². The summed E-state index contributed by atoms with van der Waals surface area (Å²) >= 11 is 0. The molecule has 0 aliphatic rings. The van der Waals surface area contributed by atoms with E-state index in [1.807, 2.05) is 13.8 Å². The maximum atomic E-state index is 10.4. The van der Waals surface area contributed by atoms with E-state index in [0.29, 0.717) is 12.3 Å². The second-order valence-corrected chi connectivity index (χ2v) is 3.31. The third kappa shape index (κ3) is 4.01. The smallest absolute Gasteiger partial charge is 0.334 e. The number of aliphatic carboxylic acids is 1. The normalized spacial score (nSPS) is 13.0. The van der Waals surface area contributed by atoms with E-state index in [1.165, 1.54) is 6.92 Å². The summed E-state index contributed by atoms with van der Waals surface area (Å²) in [6, 6.07) is 0. The van der Waals surface area contributed by atoms with Gasteiger partial charge in [0.25, 0.3) is 0 Å². The van der Waals surface area contributed by atoms with Crippen LogP contribution in [0.1, 0.15) is 33.6 Å². The molecule has 0 amide bonds. The molecule has 0 atom stereocenters. The molecule has 0 spiro atoms. The molecule has 3 heteroatoms. The van der Waals surface area contributed by atoms with Crippen LogP contribution in [0.15, 0.2) is 11.3 Å². The van der Waals surface area contributed by atoms with Crippen molar-refractivity contribution in [3.8, 4) is 0 Å². The van der Waals surface area contributed by atoms with Crippen molar-refractivity contribution in [2.75, 3.05) is 0 Å². The fraction of sp³-hybridized carbons (Fsp3) is 0.667. The Morgan fingerprint density at radius 3 is 2.17 bits per heavy atom. The highest BCUT2D eigenvalue weighted by molar-refractivity contribution is 5.86. The number of carbonyl (C=O) groups is 1. The van der Waals surface area contributed by atoms with E-state index in [1.54, 1.807) is 0 Å². The highest BCUT2D eigenvalue weighted by Crippen LogP contribution is 2.12. The van der Waals surface area contributed by atoms with Gasteiger partial charge in [0.2, 0.25) is 0 Å². The van der Waals surface area contributed by atoms with Crippen molar-refractivity contribution in [3.05, 3.63) is 11.3 Å². The Labute approximate surface area is 72.7 Å². The lowest BCUT2D eigenvalue weighted by Gasteiger charge is -2.04. The molecule has 0 aliphatic carbocycles. The van der Waals surface area contributed by atoms with Crippen molar-refractivity contribution in [2.24, 2.45) is 5.92 Å². The molecule has 0 aliphatic heterocycles. The maximum Gasteiger partial charge on any atom is 0.334 e. The largest absolute Gasteiger partial charge is 0.512 e. The molecule has 0 rings (SSSR count). The van der Waals surface area contributed by atoms with Gasteiger partial charge >= 0.3 is 5.97 Å². The van der Waals surface area contributed by atoms with Crippen LogP contribution in [-0.2, 0) is 4.79 Å². The lowest BCUT2D eigenvalue weighted by Crippen LogP contribution is -2.01. The summed E-state index contributed by atoms with van der Waals surface area (Å²) in [4.78, 5) is 10.4. The number of aliphatic hydroxyl groups is 1. The van der Waals surface area contributed by atoms with Gasteiger partial charge in [-0.25, -0.2) is 4.79 Å². The van der Waals surface area contributed by atoms with Crippen molar-refractivity contribution in [2.45, 2.75) is 33.6 Å². The second kappa shape index (κ2) is 4.80. The second-order valence-electron chi connectivity index (χ2n) is 3.31. The lowest BCUT2D eigenvalue weighted by molar-refractivity contribution is -0.132. The van der Waals surface area contributed by atoms with E-state index < -0.39 is 5.97 Å². The van der Waals surface area contributed by atoms with Crippen LogP contribution in [0.5, 0.6) is 0 Å². The molecule has 70 valence electrons. The van der Waals surface area contributed by atoms with Gasteiger partial charge in [-0.2, -0.15) is 0 Å². The van der Waals surface area contributed by atoms with Crippen LogP contribution in [0.4, 0.5) is 0 Å². The fourth-order valence-electron chi connectivity index (χ4n) is 0.736. The van der Waals surface area contributed by atoms with E-state index in [2.05, 4.69) is 0 Å². The Kier molecular flexibility index (Phi) is 4.40. The van der Waals surface area contributed by atoms with Crippen LogP contribution in [0.25, 0.3) is 0 Å². The number of rotatable bonds is 4. The number of hydrogen-bond acceptors (Lipinski definition) is 2. The first kappa shape index (κ1) is 11.0. The number of hydrogen-bond donors (Lipinski definition) is 2. The minimum atomic E-state index is -1.05. The Balaban J connectivity index is 4.09. The molecule has 12 heavy (non-hydrogen) atoms. The van der Waals surface area contributed by atoms with Gasteiger partial charge in [-0.05, 0) is 19.3 Å². The molecule has 0 aromatic carbocycles. The van der Waals surface area contributed by atoms with E-state index in [-0.39, 0.29) is 11.3 Å². The summed E-state index contributed by atoms with van der Waals surface area (Å²) in [6.45, 7) is 5.48. The SMILES string of the molecule is CC(C(=O)O)=C(O)CCC(C)C. The predicted octanol–water partition coefficient (Wildman–Crippen LogP) is 2.34. The van der Waals surface area contributed by atoms with Gasteiger partial charge in [0.1, 0.15) is 5.76 Å².